The zero-order valence-electron chi connectivity index (χ0n) is 15.2. The molecule has 0 aliphatic heterocycles. The summed E-state index contributed by atoms with van der Waals surface area (Å²) in [7, 11) is 0. The van der Waals surface area contributed by atoms with Crippen molar-refractivity contribution in [2.45, 2.75) is 30.1 Å². The van der Waals surface area contributed by atoms with E-state index in [9.17, 15) is 13.9 Å². The highest BCUT2D eigenvalue weighted by Crippen LogP contribution is 2.38. The largest absolute Gasteiger partial charge is 0.382 e. The standard InChI is InChI=1S/C18H16ClF2N5OS2/c1-11(29-7-15-16(19)26-4-5-28-17(26)24-15)18(27,8-25-10-22-9-23-25)13-3-2-12(20)6-14(13)21/h2-6,9-11,27H,7-8H2,1H3/t11-,18-/m1/s1. The van der Waals surface area contributed by atoms with Crippen LogP contribution in [0.1, 0.15) is 18.2 Å². The molecule has 1 aromatic carbocycles. The van der Waals surface area contributed by atoms with Crippen LogP contribution in [0.4, 0.5) is 8.78 Å². The van der Waals surface area contributed by atoms with E-state index >= 15 is 0 Å². The predicted molar refractivity (Wildman–Crippen MR) is 109 cm³/mol. The number of hydrogen-bond acceptors (Lipinski definition) is 6. The number of thioether (sulfide) groups is 1. The van der Waals surface area contributed by atoms with E-state index in [1.807, 2.05) is 11.6 Å². The monoisotopic (exact) mass is 455 g/mol. The summed E-state index contributed by atoms with van der Waals surface area (Å²) in [6.45, 7) is 1.73. The van der Waals surface area contributed by atoms with Crippen LogP contribution in [0, 0.1) is 11.6 Å². The Labute approximate surface area is 178 Å². The highest BCUT2D eigenvalue weighted by atomic mass is 35.5. The van der Waals surface area contributed by atoms with Gasteiger partial charge >= 0.3 is 0 Å². The topological polar surface area (TPSA) is 68.2 Å². The normalized spacial score (nSPS) is 14.9. The highest BCUT2D eigenvalue weighted by molar-refractivity contribution is 7.99. The summed E-state index contributed by atoms with van der Waals surface area (Å²) in [5, 5.41) is 17.4. The van der Waals surface area contributed by atoms with Crippen molar-refractivity contribution in [3.05, 3.63) is 70.5 Å². The molecule has 4 aromatic rings. The Morgan fingerprint density at radius 1 is 1.38 bits per heavy atom. The summed E-state index contributed by atoms with van der Waals surface area (Å²) in [6.07, 6.45) is 4.60. The van der Waals surface area contributed by atoms with E-state index in [-0.39, 0.29) is 12.1 Å². The molecule has 0 saturated heterocycles. The van der Waals surface area contributed by atoms with Crippen molar-refractivity contribution in [2.75, 3.05) is 0 Å². The van der Waals surface area contributed by atoms with Crippen LogP contribution in [0.15, 0.2) is 42.4 Å². The van der Waals surface area contributed by atoms with Gasteiger partial charge in [0.15, 0.2) is 4.96 Å². The fraction of sp³-hybridized carbons (Fsp3) is 0.278. The molecule has 2 atom stereocenters. The van der Waals surface area contributed by atoms with Gasteiger partial charge in [0.25, 0.3) is 0 Å². The molecule has 152 valence electrons. The third-order valence-electron chi connectivity index (χ3n) is 4.68. The minimum absolute atomic E-state index is 0.00804. The van der Waals surface area contributed by atoms with Gasteiger partial charge in [0.05, 0.1) is 12.2 Å². The van der Waals surface area contributed by atoms with E-state index in [1.54, 1.807) is 11.3 Å². The second-order valence-corrected chi connectivity index (χ2v) is 9.06. The van der Waals surface area contributed by atoms with Crippen LogP contribution in [0.3, 0.4) is 0 Å². The average Bonchev–Trinajstić information content (AvgIpc) is 3.40. The van der Waals surface area contributed by atoms with E-state index in [4.69, 9.17) is 11.6 Å². The average molecular weight is 456 g/mol. The Morgan fingerprint density at radius 2 is 2.21 bits per heavy atom. The van der Waals surface area contributed by atoms with E-state index in [0.29, 0.717) is 16.6 Å². The second kappa shape index (κ2) is 8.02. The molecule has 0 bridgehead atoms. The Balaban J connectivity index is 1.62. The number of rotatable bonds is 7. The lowest BCUT2D eigenvalue weighted by Crippen LogP contribution is -2.41. The first kappa shape index (κ1) is 20.3. The van der Waals surface area contributed by atoms with Gasteiger partial charge in [-0.15, -0.1) is 23.1 Å². The Hall–Kier alpha value is -2.01. The van der Waals surface area contributed by atoms with E-state index < -0.39 is 22.5 Å². The molecule has 11 heteroatoms. The van der Waals surface area contributed by atoms with Crippen LogP contribution >= 0.6 is 34.7 Å². The van der Waals surface area contributed by atoms with Gasteiger partial charge in [-0.25, -0.2) is 23.4 Å². The number of thiazole rings is 1. The van der Waals surface area contributed by atoms with Gasteiger partial charge < -0.3 is 5.11 Å². The molecule has 3 aromatic heterocycles. The SMILES string of the molecule is C[C@@H](SCc1nc2sccn2c1Cl)[C@](O)(Cn1cncn1)c1ccc(F)cc1F. The van der Waals surface area contributed by atoms with Crippen LogP contribution in [0.5, 0.6) is 0 Å². The minimum atomic E-state index is -1.67. The number of benzene rings is 1. The van der Waals surface area contributed by atoms with Gasteiger partial charge in [0.1, 0.15) is 35.0 Å². The third kappa shape index (κ3) is 3.89. The smallest absolute Gasteiger partial charge is 0.195 e. The number of fused-ring (bicyclic) bond motifs is 1. The molecule has 4 rings (SSSR count). The molecule has 0 aliphatic carbocycles. The number of nitrogens with zero attached hydrogens (tertiary/aromatic N) is 5. The first-order chi connectivity index (χ1) is 13.9. The summed E-state index contributed by atoms with van der Waals surface area (Å²) >= 11 is 9.22. The molecule has 1 N–H and O–H groups in total. The molecule has 0 radical (unpaired) electrons. The summed E-state index contributed by atoms with van der Waals surface area (Å²) in [5.41, 5.74) is -0.996. The maximum Gasteiger partial charge on any atom is 0.195 e. The molecule has 0 aliphatic rings. The number of hydrogen-bond donors (Lipinski definition) is 1. The van der Waals surface area contributed by atoms with Gasteiger partial charge in [-0.2, -0.15) is 5.10 Å². The van der Waals surface area contributed by atoms with Crippen molar-refractivity contribution < 1.29 is 13.9 Å². The molecule has 0 amide bonds. The van der Waals surface area contributed by atoms with Crippen LogP contribution in [0.25, 0.3) is 4.96 Å². The molecule has 0 spiro atoms. The van der Waals surface area contributed by atoms with Crippen molar-refractivity contribution in [1.29, 1.82) is 0 Å². The van der Waals surface area contributed by atoms with E-state index in [0.717, 1.165) is 17.1 Å². The van der Waals surface area contributed by atoms with Crippen LogP contribution < -0.4 is 0 Å². The molecular weight excluding hydrogens is 440 g/mol. The zero-order chi connectivity index (χ0) is 20.6. The molecule has 29 heavy (non-hydrogen) atoms. The lowest BCUT2D eigenvalue weighted by molar-refractivity contribution is 0.0133. The van der Waals surface area contributed by atoms with Crippen LogP contribution in [-0.4, -0.2) is 34.5 Å². The van der Waals surface area contributed by atoms with Crippen molar-refractivity contribution in [3.8, 4) is 0 Å². The maximum atomic E-state index is 14.6. The fourth-order valence-corrected chi connectivity index (χ4v) is 5.27. The summed E-state index contributed by atoms with van der Waals surface area (Å²) < 4.78 is 31.2. The Kier molecular flexibility index (Phi) is 5.60. The van der Waals surface area contributed by atoms with Crippen molar-refractivity contribution in [2.24, 2.45) is 0 Å². The molecule has 0 fully saturated rings. The molecule has 6 nitrogen and oxygen atoms in total. The minimum Gasteiger partial charge on any atom is -0.382 e. The highest BCUT2D eigenvalue weighted by Gasteiger charge is 2.39. The van der Waals surface area contributed by atoms with E-state index in [2.05, 4.69) is 15.1 Å². The summed E-state index contributed by atoms with van der Waals surface area (Å²) in [6, 6.07) is 3.15. The number of aromatic nitrogens is 5. The quantitative estimate of drug-likeness (QED) is 0.454. The van der Waals surface area contributed by atoms with E-state index in [1.165, 1.54) is 46.5 Å². The Morgan fingerprint density at radius 3 is 2.90 bits per heavy atom. The van der Waals surface area contributed by atoms with Crippen molar-refractivity contribution >= 4 is 39.7 Å². The lowest BCUT2D eigenvalue weighted by atomic mass is 9.90. The first-order valence-corrected chi connectivity index (χ1v) is 10.9. The molecule has 0 unspecified atom stereocenters. The van der Waals surface area contributed by atoms with Gasteiger partial charge in [-0.05, 0) is 6.07 Å². The zero-order valence-corrected chi connectivity index (χ0v) is 17.6. The Bertz CT molecular complexity index is 1130. The maximum absolute atomic E-state index is 14.6. The lowest BCUT2D eigenvalue weighted by Gasteiger charge is -2.34. The van der Waals surface area contributed by atoms with Crippen molar-refractivity contribution in [1.82, 2.24) is 24.1 Å². The van der Waals surface area contributed by atoms with Crippen molar-refractivity contribution in [3.63, 3.8) is 0 Å². The number of aliphatic hydroxyl groups is 1. The first-order valence-electron chi connectivity index (χ1n) is 8.60. The van der Waals surface area contributed by atoms with Crippen LogP contribution in [-0.2, 0) is 17.9 Å². The molecular formula is C18H16ClF2N5OS2. The van der Waals surface area contributed by atoms with Gasteiger partial charge in [0.2, 0.25) is 0 Å². The molecule has 0 saturated carbocycles. The predicted octanol–water partition coefficient (Wildman–Crippen LogP) is 4.13. The fourth-order valence-electron chi connectivity index (χ4n) is 3.07. The van der Waals surface area contributed by atoms with Gasteiger partial charge in [-0.1, -0.05) is 24.6 Å². The number of imidazole rings is 1. The third-order valence-corrected chi connectivity index (χ3v) is 7.17. The molecule has 3 heterocycles. The van der Waals surface area contributed by atoms with Gasteiger partial charge in [-0.3, -0.25) is 4.40 Å². The van der Waals surface area contributed by atoms with Crippen LogP contribution in [0.2, 0.25) is 5.15 Å². The summed E-state index contributed by atoms with van der Waals surface area (Å²) in [4.78, 5) is 9.15. The summed E-state index contributed by atoms with van der Waals surface area (Å²) in [5.74, 6) is -1.11. The van der Waals surface area contributed by atoms with Gasteiger partial charge in [0, 0.05) is 34.2 Å². The second-order valence-electron chi connectivity index (χ2n) is 6.50. The number of halogens is 3.